The van der Waals surface area contributed by atoms with Crippen LogP contribution in [0.4, 0.5) is 0 Å². The first-order valence-corrected chi connectivity index (χ1v) is 7.43. The summed E-state index contributed by atoms with van der Waals surface area (Å²) in [6.07, 6.45) is 7.15. The Morgan fingerprint density at radius 3 is 2.35 bits per heavy atom. The minimum atomic E-state index is 0.279. The van der Waals surface area contributed by atoms with E-state index in [1.54, 1.807) is 14.2 Å². The van der Waals surface area contributed by atoms with Crippen LogP contribution in [0.15, 0.2) is 29.8 Å². The first kappa shape index (κ1) is 14.9. The van der Waals surface area contributed by atoms with E-state index < -0.39 is 0 Å². The van der Waals surface area contributed by atoms with Crippen LogP contribution in [0.5, 0.6) is 11.5 Å². The minimum Gasteiger partial charge on any atom is -0.497 e. The van der Waals surface area contributed by atoms with E-state index in [1.807, 2.05) is 6.07 Å². The molecule has 0 fully saturated rings. The first-order chi connectivity index (χ1) is 9.78. The van der Waals surface area contributed by atoms with Crippen molar-refractivity contribution in [3.8, 4) is 11.5 Å². The van der Waals surface area contributed by atoms with Crippen LogP contribution < -0.4 is 14.8 Å². The van der Waals surface area contributed by atoms with Gasteiger partial charge in [-0.2, -0.15) is 0 Å². The van der Waals surface area contributed by atoms with Crippen molar-refractivity contribution in [3.63, 3.8) is 0 Å². The maximum atomic E-state index is 5.39. The molecule has 3 heteroatoms. The maximum absolute atomic E-state index is 5.39. The number of ether oxygens (including phenoxy) is 2. The van der Waals surface area contributed by atoms with Crippen LogP contribution in [-0.4, -0.2) is 20.8 Å². The number of hydrogen-bond acceptors (Lipinski definition) is 3. The third-order valence-electron chi connectivity index (χ3n) is 3.75. The van der Waals surface area contributed by atoms with Gasteiger partial charge in [0.15, 0.2) is 0 Å². The standard InChI is InChI=1S/C17H25NO2/c1-4-9-18-17(13-7-5-6-8-13)14-10-15(19-2)12-16(11-14)20-3/h7,10-12,17-18H,4-6,8-9H2,1-3H3. The lowest BCUT2D eigenvalue weighted by Crippen LogP contribution is -2.23. The van der Waals surface area contributed by atoms with Gasteiger partial charge in [-0.15, -0.1) is 0 Å². The van der Waals surface area contributed by atoms with E-state index in [4.69, 9.17) is 9.47 Å². The number of methoxy groups -OCH3 is 2. The van der Waals surface area contributed by atoms with Gasteiger partial charge in [-0.25, -0.2) is 0 Å². The summed E-state index contributed by atoms with van der Waals surface area (Å²) in [5.41, 5.74) is 2.72. The van der Waals surface area contributed by atoms with Crippen molar-refractivity contribution in [1.29, 1.82) is 0 Å². The van der Waals surface area contributed by atoms with E-state index in [0.29, 0.717) is 0 Å². The Morgan fingerprint density at radius 2 is 1.85 bits per heavy atom. The molecule has 1 aliphatic carbocycles. The fraction of sp³-hybridized carbons (Fsp3) is 0.529. The number of allylic oxidation sites excluding steroid dienone is 1. The molecule has 0 aliphatic heterocycles. The highest BCUT2D eigenvalue weighted by atomic mass is 16.5. The number of hydrogen-bond donors (Lipinski definition) is 1. The summed E-state index contributed by atoms with van der Waals surface area (Å²) in [5.74, 6) is 1.70. The third kappa shape index (κ3) is 3.54. The minimum absolute atomic E-state index is 0.279. The summed E-state index contributed by atoms with van der Waals surface area (Å²) < 4.78 is 10.8. The number of rotatable bonds is 7. The SMILES string of the molecule is CCCNC(C1=CCCC1)c1cc(OC)cc(OC)c1. The summed E-state index contributed by atoms with van der Waals surface area (Å²) in [4.78, 5) is 0. The lowest BCUT2D eigenvalue weighted by molar-refractivity contribution is 0.392. The van der Waals surface area contributed by atoms with E-state index in [-0.39, 0.29) is 6.04 Å². The summed E-state index contributed by atoms with van der Waals surface area (Å²) in [6.45, 7) is 3.21. The van der Waals surface area contributed by atoms with Crippen LogP contribution in [0.2, 0.25) is 0 Å². The van der Waals surface area contributed by atoms with Gasteiger partial charge in [0.05, 0.1) is 20.3 Å². The van der Waals surface area contributed by atoms with E-state index in [9.17, 15) is 0 Å². The Morgan fingerprint density at radius 1 is 1.15 bits per heavy atom. The molecule has 0 saturated carbocycles. The predicted octanol–water partition coefficient (Wildman–Crippen LogP) is 3.85. The van der Waals surface area contributed by atoms with Gasteiger partial charge in [-0.3, -0.25) is 0 Å². The van der Waals surface area contributed by atoms with Gasteiger partial charge in [0.1, 0.15) is 11.5 Å². The molecule has 0 spiro atoms. The Labute approximate surface area is 122 Å². The smallest absolute Gasteiger partial charge is 0.122 e. The van der Waals surface area contributed by atoms with Gasteiger partial charge in [0.25, 0.3) is 0 Å². The van der Waals surface area contributed by atoms with Gasteiger partial charge in [0, 0.05) is 6.07 Å². The first-order valence-electron chi connectivity index (χ1n) is 7.43. The molecule has 1 aromatic rings. The molecule has 1 N–H and O–H groups in total. The monoisotopic (exact) mass is 275 g/mol. The molecule has 0 radical (unpaired) electrons. The van der Waals surface area contributed by atoms with Crippen LogP contribution >= 0.6 is 0 Å². The average molecular weight is 275 g/mol. The Hall–Kier alpha value is -1.48. The van der Waals surface area contributed by atoms with E-state index in [0.717, 1.165) is 24.5 Å². The zero-order valence-corrected chi connectivity index (χ0v) is 12.7. The normalized spacial score (nSPS) is 15.8. The fourth-order valence-corrected chi connectivity index (χ4v) is 2.71. The second kappa shape index (κ2) is 7.34. The number of nitrogens with one attached hydrogen (secondary N) is 1. The molecule has 3 nitrogen and oxygen atoms in total. The molecule has 0 bridgehead atoms. The Balaban J connectivity index is 2.31. The summed E-state index contributed by atoms with van der Waals surface area (Å²) in [6, 6.07) is 6.41. The zero-order chi connectivity index (χ0) is 14.4. The Kier molecular flexibility index (Phi) is 5.48. The van der Waals surface area contributed by atoms with Crippen molar-refractivity contribution in [2.24, 2.45) is 0 Å². The highest BCUT2D eigenvalue weighted by molar-refractivity contribution is 5.42. The third-order valence-corrected chi connectivity index (χ3v) is 3.75. The van der Waals surface area contributed by atoms with Crippen molar-refractivity contribution in [3.05, 3.63) is 35.4 Å². The molecule has 1 unspecified atom stereocenters. The molecule has 0 aromatic heterocycles. The summed E-state index contributed by atoms with van der Waals surface area (Å²) >= 11 is 0. The molecule has 20 heavy (non-hydrogen) atoms. The summed E-state index contributed by atoms with van der Waals surface area (Å²) in [7, 11) is 3.39. The van der Waals surface area contributed by atoms with E-state index in [2.05, 4.69) is 30.4 Å². The highest BCUT2D eigenvalue weighted by Crippen LogP contribution is 2.34. The quantitative estimate of drug-likeness (QED) is 0.767. The molecular weight excluding hydrogens is 250 g/mol. The van der Waals surface area contributed by atoms with Crippen molar-refractivity contribution in [1.82, 2.24) is 5.32 Å². The molecule has 0 amide bonds. The van der Waals surface area contributed by atoms with Crippen molar-refractivity contribution in [2.75, 3.05) is 20.8 Å². The molecular formula is C17H25NO2. The van der Waals surface area contributed by atoms with Gasteiger partial charge in [0.2, 0.25) is 0 Å². The second-order valence-electron chi connectivity index (χ2n) is 5.20. The van der Waals surface area contributed by atoms with Crippen molar-refractivity contribution < 1.29 is 9.47 Å². The lowest BCUT2D eigenvalue weighted by Gasteiger charge is -2.22. The summed E-state index contributed by atoms with van der Waals surface area (Å²) in [5, 5.41) is 3.65. The fourth-order valence-electron chi connectivity index (χ4n) is 2.71. The maximum Gasteiger partial charge on any atom is 0.122 e. The molecule has 2 rings (SSSR count). The van der Waals surface area contributed by atoms with Crippen LogP contribution in [0, 0.1) is 0 Å². The molecule has 1 aromatic carbocycles. The van der Waals surface area contributed by atoms with Crippen molar-refractivity contribution >= 4 is 0 Å². The molecule has 1 atom stereocenters. The van der Waals surface area contributed by atoms with Crippen LogP contribution in [0.3, 0.4) is 0 Å². The van der Waals surface area contributed by atoms with Gasteiger partial charge in [-0.1, -0.05) is 18.6 Å². The topological polar surface area (TPSA) is 30.5 Å². The molecule has 0 heterocycles. The average Bonchev–Trinajstić information content (AvgIpc) is 3.01. The van der Waals surface area contributed by atoms with Gasteiger partial charge in [-0.05, 0) is 49.9 Å². The molecule has 0 saturated heterocycles. The van der Waals surface area contributed by atoms with E-state index >= 15 is 0 Å². The largest absolute Gasteiger partial charge is 0.497 e. The van der Waals surface area contributed by atoms with Gasteiger partial charge >= 0.3 is 0 Å². The van der Waals surface area contributed by atoms with Crippen molar-refractivity contribution in [2.45, 2.75) is 38.6 Å². The molecule has 1 aliphatic rings. The zero-order valence-electron chi connectivity index (χ0n) is 12.7. The van der Waals surface area contributed by atoms with E-state index in [1.165, 1.54) is 30.4 Å². The second-order valence-corrected chi connectivity index (χ2v) is 5.20. The predicted molar refractivity (Wildman–Crippen MR) is 82.5 cm³/mol. The lowest BCUT2D eigenvalue weighted by atomic mass is 9.97. The van der Waals surface area contributed by atoms with Crippen LogP contribution in [0.25, 0.3) is 0 Å². The van der Waals surface area contributed by atoms with Crippen LogP contribution in [0.1, 0.15) is 44.2 Å². The Bertz CT molecular complexity index is 446. The van der Waals surface area contributed by atoms with Crippen LogP contribution in [-0.2, 0) is 0 Å². The number of benzene rings is 1. The highest BCUT2D eigenvalue weighted by Gasteiger charge is 2.19. The van der Waals surface area contributed by atoms with Gasteiger partial charge < -0.3 is 14.8 Å². The molecule has 110 valence electrons.